The lowest BCUT2D eigenvalue weighted by atomic mass is 10.1. The van der Waals surface area contributed by atoms with E-state index in [-0.39, 0.29) is 22.8 Å². The van der Waals surface area contributed by atoms with Gasteiger partial charge in [-0.15, -0.1) is 0 Å². The Morgan fingerprint density at radius 3 is 1.97 bits per heavy atom. The van der Waals surface area contributed by atoms with Crippen LogP contribution in [0.15, 0.2) is 71.5 Å². The van der Waals surface area contributed by atoms with Gasteiger partial charge in [0.25, 0.3) is 11.8 Å². The van der Waals surface area contributed by atoms with E-state index in [1.807, 2.05) is 43.3 Å². The molecule has 10 heteroatoms. The summed E-state index contributed by atoms with van der Waals surface area (Å²) >= 11 is 0. The summed E-state index contributed by atoms with van der Waals surface area (Å²) in [5.41, 5.74) is 4.73. The van der Waals surface area contributed by atoms with Crippen LogP contribution in [-0.4, -0.2) is 53.5 Å². The van der Waals surface area contributed by atoms with Crippen molar-refractivity contribution in [2.24, 2.45) is 5.10 Å². The summed E-state index contributed by atoms with van der Waals surface area (Å²) in [6.07, 6.45) is 2.89. The molecule has 0 unspecified atom stereocenters. The average molecular weight is 521 g/mol. The van der Waals surface area contributed by atoms with Gasteiger partial charge < -0.3 is 24.4 Å². The van der Waals surface area contributed by atoms with E-state index < -0.39 is 17.6 Å². The summed E-state index contributed by atoms with van der Waals surface area (Å²) in [6, 6.07) is 15.9. The van der Waals surface area contributed by atoms with E-state index in [4.69, 9.17) is 14.2 Å². The van der Waals surface area contributed by atoms with Crippen molar-refractivity contribution < 1.29 is 28.2 Å². The van der Waals surface area contributed by atoms with Gasteiger partial charge in [0.15, 0.2) is 11.5 Å². The number of rotatable bonds is 10. The molecular formula is C28H29FN4O5. The van der Waals surface area contributed by atoms with Crippen molar-refractivity contribution >= 4 is 29.8 Å². The number of hydrazone groups is 1. The highest BCUT2D eigenvalue weighted by Gasteiger charge is 2.19. The van der Waals surface area contributed by atoms with Crippen LogP contribution in [0, 0.1) is 5.82 Å². The Labute approximate surface area is 220 Å². The monoisotopic (exact) mass is 520 g/mol. The standard InChI is InChI=1S/C28H29FN4O5/c1-33(2)22-12-8-19(9-13-22)17-30-32-28(35)23(14-18-6-10-21(29)11-7-18)31-27(34)20-15-24(36-3)26(38-5)25(16-20)37-4/h6-17H,1-5H3,(H,31,34)(H,32,35)/b23-14-,30-17-. The first-order chi connectivity index (χ1) is 18.2. The molecule has 38 heavy (non-hydrogen) atoms. The summed E-state index contributed by atoms with van der Waals surface area (Å²) in [5, 5.41) is 6.59. The minimum atomic E-state index is -0.684. The molecule has 198 valence electrons. The maximum absolute atomic E-state index is 13.4. The van der Waals surface area contributed by atoms with Gasteiger partial charge in [0.1, 0.15) is 11.5 Å². The lowest BCUT2D eigenvalue weighted by Gasteiger charge is -2.14. The van der Waals surface area contributed by atoms with E-state index in [0.29, 0.717) is 11.3 Å². The zero-order valence-electron chi connectivity index (χ0n) is 21.7. The van der Waals surface area contributed by atoms with Gasteiger partial charge in [0, 0.05) is 25.3 Å². The number of nitrogens with one attached hydrogen (secondary N) is 2. The van der Waals surface area contributed by atoms with Crippen LogP contribution in [0.1, 0.15) is 21.5 Å². The van der Waals surface area contributed by atoms with Crippen LogP contribution in [-0.2, 0) is 4.79 Å². The minimum absolute atomic E-state index is 0.115. The van der Waals surface area contributed by atoms with Gasteiger partial charge in [-0.2, -0.15) is 5.10 Å². The van der Waals surface area contributed by atoms with Crippen LogP contribution in [0.25, 0.3) is 6.08 Å². The molecule has 3 rings (SSSR count). The largest absolute Gasteiger partial charge is 0.493 e. The van der Waals surface area contributed by atoms with Crippen molar-refractivity contribution in [2.75, 3.05) is 40.3 Å². The van der Waals surface area contributed by atoms with E-state index in [0.717, 1.165) is 11.3 Å². The van der Waals surface area contributed by atoms with Crippen LogP contribution >= 0.6 is 0 Å². The van der Waals surface area contributed by atoms with E-state index >= 15 is 0 Å². The Kier molecular flexibility index (Phi) is 9.42. The van der Waals surface area contributed by atoms with Crippen LogP contribution in [0.4, 0.5) is 10.1 Å². The fraction of sp³-hybridized carbons (Fsp3) is 0.179. The molecular weight excluding hydrogens is 491 g/mol. The van der Waals surface area contributed by atoms with Crippen molar-refractivity contribution in [3.8, 4) is 17.2 Å². The van der Waals surface area contributed by atoms with Crippen molar-refractivity contribution in [3.05, 3.63) is 88.9 Å². The van der Waals surface area contributed by atoms with Gasteiger partial charge >= 0.3 is 0 Å². The van der Waals surface area contributed by atoms with E-state index in [2.05, 4.69) is 15.8 Å². The molecule has 2 amide bonds. The van der Waals surface area contributed by atoms with Crippen molar-refractivity contribution in [1.82, 2.24) is 10.7 Å². The highest BCUT2D eigenvalue weighted by molar-refractivity contribution is 6.05. The Hall–Kier alpha value is -4.86. The second-order valence-electron chi connectivity index (χ2n) is 8.16. The summed E-state index contributed by atoms with van der Waals surface area (Å²) < 4.78 is 29.3. The Balaban J connectivity index is 1.86. The predicted octanol–water partition coefficient (Wildman–Crippen LogP) is 3.84. The van der Waals surface area contributed by atoms with Crippen LogP contribution in [0.3, 0.4) is 0 Å². The molecule has 0 saturated heterocycles. The van der Waals surface area contributed by atoms with E-state index in [1.54, 1.807) is 0 Å². The Bertz CT molecular complexity index is 1310. The van der Waals surface area contributed by atoms with Gasteiger partial charge in [-0.25, -0.2) is 9.82 Å². The maximum atomic E-state index is 13.4. The summed E-state index contributed by atoms with van der Waals surface area (Å²) in [7, 11) is 8.18. The van der Waals surface area contributed by atoms with Crippen molar-refractivity contribution in [2.45, 2.75) is 0 Å². The highest BCUT2D eigenvalue weighted by Crippen LogP contribution is 2.38. The molecule has 0 bridgehead atoms. The van der Waals surface area contributed by atoms with Gasteiger partial charge in [0.05, 0.1) is 27.5 Å². The quantitative estimate of drug-likeness (QED) is 0.239. The number of methoxy groups -OCH3 is 3. The number of carbonyl (C=O) groups excluding carboxylic acids is 2. The van der Waals surface area contributed by atoms with E-state index in [9.17, 15) is 14.0 Å². The second-order valence-corrected chi connectivity index (χ2v) is 8.16. The first-order valence-electron chi connectivity index (χ1n) is 11.4. The normalized spacial score (nSPS) is 11.2. The summed E-state index contributed by atoms with van der Waals surface area (Å²) in [6.45, 7) is 0. The van der Waals surface area contributed by atoms with E-state index in [1.165, 1.54) is 70.0 Å². The maximum Gasteiger partial charge on any atom is 0.287 e. The van der Waals surface area contributed by atoms with Crippen molar-refractivity contribution in [3.63, 3.8) is 0 Å². The van der Waals surface area contributed by atoms with Crippen molar-refractivity contribution in [1.29, 1.82) is 0 Å². The third kappa shape index (κ3) is 7.10. The fourth-order valence-corrected chi connectivity index (χ4v) is 3.37. The number of hydrogen-bond donors (Lipinski definition) is 2. The molecule has 0 aromatic heterocycles. The van der Waals surface area contributed by atoms with Crippen LogP contribution < -0.4 is 29.9 Å². The minimum Gasteiger partial charge on any atom is -0.493 e. The summed E-state index contributed by atoms with van der Waals surface area (Å²) in [5.74, 6) is -0.864. The van der Waals surface area contributed by atoms with Crippen LogP contribution in [0.2, 0.25) is 0 Å². The number of carbonyl (C=O) groups is 2. The molecule has 0 aliphatic carbocycles. The second kappa shape index (κ2) is 12.9. The zero-order valence-corrected chi connectivity index (χ0v) is 21.7. The zero-order chi connectivity index (χ0) is 27.7. The smallest absolute Gasteiger partial charge is 0.287 e. The molecule has 3 aromatic rings. The first-order valence-corrected chi connectivity index (χ1v) is 11.4. The lowest BCUT2D eigenvalue weighted by Crippen LogP contribution is -2.32. The molecule has 0 heterocycles. The number of benzene rings is 3. The third-order valence-electron chi connectivity index (χ3n) is 5.39. The number of halogens is 1. The molecule has 0 aliphatic rings. The molecule has 0 fully saturated rings. The van der Waals surface area contributed by atoms with Crippen LogP contribution in [0.5, 0.6) is 17.2 Å². The topological polar surface area (TPSA) is 101 Å². The van der Waals surface area contributed by atoms with Gasteiger partial charge in [-0.1, -0.05) is 24.3 Å². The molecule has 9 nitrogen and oxygen atoms in total. The number of ether oxygens (including phenoxy) is 3. The predicted molar refractivity (Wildman–Crippen MR) is 144 cm³/mol. The molecule has 3 aromatic carbocycles. The molecule has 0 spiro atoms. The highest BCUT2D eigenvalue weighted by atomic mass is 19.1. The number of nitrogens with zero attached hydrogens (tertiary/aromatic N) is 2. The fourth-order valence-electron chi connectivity index (χ4n) is 3.37. The molecule has 0 saturated carbocycles. The number of hydrogen-bond acceptors (Lipinski definition) is 7. The molecule has 0 radical (unpaired) electrons. The average Bonchev–Trinajstić information content (AvgIpc) is 2.93. The number of anilines is 1. The number of amides is 2. The molecule has 0 aliphatic heterocycles. The Morgan fingerprint density at radius 2 is 1.45 bits per heavy atom. The van der Waals surface area contributed by atoms with Gasteiger partial charge in [-0.3, -0.25) is 9.59 Å². The van der Waals surface area contributed by atoms with Gasteiger partial charge in [0.2, 0.25) is 5.75 Å². The van der Waals surface area contributed by atoms with Gasteiger partial charge in [-0.05, 0) is 53.6 Å². The Morgan fingerprint density at radius 1 is 0.868 bits per heavy atom. The lowest BCUT2D eigenvalue weighted by molar-refractivity contribution is -0.117. The summed E-state index contributed by atoms with van der Waals surface area (Å²) in [4.78, 5) is 28.1. The first kappa shape index (κ1) is 27.7. The molecule has 2 N–H and O–H groups in total. The molecule has 0 atom stereocenters. The SMILES string of the molecule is COc1cc(C(=O)N/C(=C\c2ccc(F)cc2)C(=O)N/N=C\c2ccc(N(C)C)cc2)cc(OC)c1OC. The third-order valence-corrected chi connectivity index (χ3v) is 5.39.